The Bertz CT molecular complexity index is 430. The van der Waals surface area contributed by atoms with Crippen LogP contribution in [0, 0.1) is 38.5 Å². The number of nitrogens with one attached hydrogen (secondary N) is 1. The van der Waals surface area contributed by atoms with Gasteiger partial charge in [-0.2, -0.15) is 0 Å². The van der Waals surface area contributed by atoms with E-state index in [2.05, 4.69) is 45.3 Å². The lowest BCUT2D eigenvalue weighted by atomic mass is 9.84. The van der Waals surface area contributed by atoms with Gasteiger partial charge in [0.25, 0.3) is 0 Å². The molecule has 1 nitrogen and oxygen atoms in total. The molecular formula is C17H25N. The SMILES string of the molecule is CNC(c1c(C)cc(C)cc1C)C1CC2CC2C1. The maximum Gasteiger partial charge on any atom is 0.0351 e. The van der Waals surface area contributed by atoms with E-state index < -0.39 is 0 Å². The van der Waals surface area contributed by atoms with Gasteiger partial charge in [0.2, 0.25) is 0 Å². The van der Waals surface area contributed by atoms with E-state index in [0.717, 1.165) is 17.8 Å². The van der Waals surface area contributed by atoms with E-state index in [1.807, 2.05) is 0 Å². The van der Waals surface area contributed by atoms with Crippen LogP contribution in [0.4, 0.5) is 0 Å². The Morgan fingerprint density at radius 2 is 1.56 bits per heavy atom. The predicted molar refractivity (Wildman–Crippen MR) is 76.8 cm³/mol. The summed E-state index contributed by atoms with van der Waals surface area (Å²) in [5.74, 6) is 2.99. The van der Waals surface area contributed by atoms with Crippen LogP contribution in [0.5, 0.6) is 0 Å². The van der Waals surface area contributed by atoms with Crippen molar-refractivity contribution in [3.05, 3.63) is 34.4 Å². The second-order valence-electron chi connectivity index (χ2n) is 6.57. The Morgan fingerprint density at radius 3 is 2.06 bits per heavy atom. The van der Waals surface area contributed by atoms with Crippen LogP contribution in [0.3, 0.4) is 0 Å². The zero-order valence-electron chi connectivity index (χ0n) is 12.1. The molecule has 3 atom stereocenters. The molecule has 0 bridgehead atoms. The normalized spacial score (nSPS) is 31.2. The van der Waals surface area contributed by atoms with Crippen LogP contribution in [0.25, 0.3) is 0 Å². The third kappa shape index (κ3) is 1.99. The molecule has 0 aliphatic heterocycles. The summed E-state index contributed by atoms with van der Waals surface area (Å²) in [4.78, 5) is 0. The summed E-state index contributed by atoms with van der Waals surface area (Å²) in [5.41, 5.74) is 5.88. The highest BCUT2D eigenvalue weighted by atomic mass is 14.9. The molecule has 1 N–H and O–H groups in total. The van der Waals surface area contributed by atoms with Crippen molar-refractivity contribution in [2.75, 3.05) is 7.05 Å². The summed E-state index contributed by atoms with van der Waals surface area (Å²) >= 11 is 0. The van der Waals surface area contributed by atoms with E-state index in [0.29, 0.717) is 6.04 Å². The molecule has 2 aliphatic rings. The molecule has 0 heterocycles. The average molecular weight is 243 g/mol. The first-order chi connectivity index (χ1) is 8.60. The van der Waals surface area contributed by atoms with Gasteiger partial charge in [0, 0.05) is 6.04 Å². The molecule has 0 aromatic heterocycles. The number of hydrogen-bond acceptors (Lipinski definition) is 1. The fourth-order valence-corrected chi connectivity index (χ4v) is 4.33. The third-order valence-electron chi connectivity index (χ3n) is 5.11. The Hall–Kier alpha value is -0.820. The summed E-state index contributed by atoms with van der Waals surface area (Å²) in [5, 5.41) is 3.60. The number of hydrogen-bond donors (Lipinski definition) is 1. The maximum atomic E-state index is 3.60. The summed E-state index contributed by atoms with van der Waals surface area (Å²) < 4.78 is 0. The van der Waals surface area contributed by atoms with Crippen LogP contribution >= 0.6 is 0 Å². The van der Waals surface area contributed by atoms with Gasteiger partial charge in [0.05, 0.1) is 0 Å². The van der Waals surface area contributed by atoms with E-state index in [1.54, 1.807) is 5.56 Å². The highest BCUT2D eigenvalue weighted by molar-refractivity contribution is 5.40. The van der Waals surface area contributed by atoms with E-state index in [4.69, 9.17) is 0 Å². The van der Waals surface area contributed by atoms with Crippen LogP contribution < -0.4 is 5.32 Å². The monoisotopic (exact) mass is 243 g/mol. The van der Waals surface area contributed by atoms with Crippen molar-refractivity contribution in [1.82, 2.24) is 5.32 Å². The third-order valence-corrected chi connectivity index (χ3v) is 5.11. The lowest BCUT2D eigenvalue weighted by Gasteiger charge is -2.28. The van der Waals surface area contributed by atoms with Crippen molar-refractivity contribution < 1.29 is 0 Å². The van der Waals surface area contributed by atoms with E-state index in [-0.39, 0.29) is 0 Å². The number of benzene rings is 1. The van der Waals surface area contributed by atoms with Crippen molar-refractivity contribution in [1.29, 1.82) is 0 Å². The fraction of sp³-hybridized carbons (Fsp3) is 0.647. The quantitative estimate of drug-likeness (QED) is 0.848. The molecular weight excluding hydrogens is 218 g/mol. The minimum absolute atomic E-state index is 0.568. The van der Waals surface area contributed by atoms with Gasteiger partial charge >= 0.3 is 0 Å². The van der Waals surface area contributed by atoms with Crippen LogP contribution in [0.2, 0.25) is 0 Å². The standard InChI is InChI=1S/C17H25N/c1-10-5-11(2)16(12(3)6-10)17(18-4)15-8-13-7-14(13)9-15/h5-6,13-15,17-18H,7-9H2,1-4H3. The van der Waals surface area contributed by atoms with Gasteiger partial charge < -0.3 is 5.32 Å². The van der Waals surface area contributed by atoms with Crippen LogP contribution in [-0.2, 0) is 0 Å². The molecule has 2 fully saturated rings. The molecule has 2 aliphatic carbocycles. The molecule has 98 valence electrons. The van der Waals surface area contributed by atoms with E-state index in [9.17, 15) is 0 Å². The van der Waals surface area contributed by atoms with Gasteiger partial charge in [-0.05, 0) is 81.5 Å². The van der Waals surface area contributed by atoms with Crippen LogP contribution in [0.1, 0.15) is 47.6 Å². The first-order valence-electron chi connectivity index (χ1n) is 7.35. The van der Waals surface area contributed by atoms with Gasteiger partial charge in [-0.15, -0.1) is 0 Å². The summed E-state index contributed by atoms with van der Waals surface area (Å²) in [6.07, 6.45) is 4.41. The zero-order valence-corrected chi connectivity index (χ0v) is 12.1. The Morgan fingerprint density at radius 1 is 1.00 bits per heavy atom. The second kappa shape index (κ2) is 4.38. The number of fused-ring (bicyclic) bond motifs is 1. The topological polar surface area (TPSA) is 12.0 Å². The molecule has 0 radical (unpaired) electrons. The molecule has 0 amide bonds. The zero-order chi connectivity index (χ0) is 12.9. The summed E-state index contributed by atoms with van der Waals surface area (Å²) in [6.45, 7) is 6.74. The first-order valence-corrected chi connectivity index (χ1v) is 7.35. The number of aryl methyl sites for hydroxylation is 3. The first kappa shape index (κ1) is 12.2. The number of rotatable bonds is 3. The molecule has 18 heavy (non-hydrogen) atoms. The molecule has 3 unspecified atom stereocenters. The molecule has 2 saturated carbocycles. The lowest BCUT2D eigenvalue weighted by molar-refractivity contribution is 0.357. The second-order valence-corrected chi connectivity index (χ2v) is 6.57. The van der Waals surface area contributed by atoms with Crippen LogP contribution in [0.15, 0.2) is 12.1 Å². The van der Waals surface area contributed by atoms with Crippen molar-refractivity contribution in [2.24, 2.45) is 17.8 Å². The molecule has 0 saturated heterocycles. The van der Waals surface area contributed by atoms with Crippen molar-refractivity contribution in [3.8, 4) is 0 Å². The molecule has 3 rings (SSSR count). The Kier molecular flexibility index (Phi) is 2.97. The van der Waals surface area contributed by atoms with Gasteiger partial charge in [-0.25, -0.2) is 0 Å². The van der Waals surface area contributed by atoms with Gasteiger partial charge in [-0.3, -0.25) is 0 Å². The minimum Gasteiger partial charge on any atom is -0.313 e. The smallest absolute Gasteiger partial charge is 0.0351 e. The highest BCUT2D eigenvalue weighted by Gasteiger charge is 2.48. The summed E-state index contributed by atoms with van der Waals surface area (Å²) in [7, 11) is 2.13. The van der Waals surface area contributed by atoms with Gasteiger partial charge in [-0.1, -0.05) is 17.7 Å². The Balaban J connectivity index is 1.91. The van der Waals surface area contributed by atoms with Crippen LogP contribution in [-0.4, -0.2) is 7.05 Å². The highest BCUT2D eigenvalue weighted by Crippen LogP contribution is 2.57. The molecule has 1 aromatic carbocycles. The van der Waals surface area contributed by atoms with Gasteiger partial charge in [0.15, 0.2) is 0 Å². The fourth-order valence-electron chi connectivity index (χ4n) is 4.33. The molecule has 1 aromatic rings. The van der Waals surface area contributed by atoms with Crippen molar-refractivity contribution in [3.63, 3.8) is 0 Å². The minimum atomic E-state index is 0.568. The Labute approximate surface area is 111 Å². The predicted octanol–water partition coefficient (Wildman–Crippen LogP) is 3.92. The lowest BCUT2D eigenvalue weighted by Crippen LogP contribution is -2.26. The van der Waals surface area contributed by atoms with E-state index in [1.165, 1.54) is 36.0 Å². The molecule has 0 spiro atoms. The molecule has 1 heteroatoms. The largest absolute Gasteiger partial charge is 0.313 e. The average Bonchev–Trinajstić information content (AvgIpc) is 2.90. The maximum absolute atomic E-state index is 3.60. The van der Waals surface area contributed by atoms with Crippen molar-refractivity contribution >= 4 is 0 Å². The summed E-state index contributed by atoms with van der Waals surface area (Å²) in [6, 6.07) is 5.24. The van der Waals surface area contributed by atoms with E-state index >= 15 is 0 Å². The van der Waals surface area contributed by atoms with Crippen molar-refractivity contribution in [2.45, 2.75) is 46.1 Å². The van der Waals surface area contributed by atoms with Gasteiger partial charge in [0.1, 0.15) is 0 Å².